The van der Waals surface area contributed by atoms with Crippen LogP contribution in [0.25, 0.3) is 0 Å². The van der Waals surface area contributed by atoms with Gasteiger partial charge in [-0.15, -0.1) is 0 Å². The molecule has 0 saturated carbocycles. The smallest absolute Gasteiger partial charge is 0.0673 e. The number of nitrogens with one attached hydrogen (secondary N) is 1. The molecule has 1 aromatic heterocycles. The number of nitrogen functional groups attached to an aromatic ring is 1. The van der Waals surface area contributed by atoms with E-state index in [1.165, 1.54) is 0 Å². The normalized spacial score (nSPS) is 10.1. The van der Waals surface area contributed by atoms with Gasteiger partial charge in [0.05, 0.1) is 23.3 Å². The zero-order valence-corrected chi connectivity index (χ0v) is 11.4. The Balaban J connectivity index is 2.34. The monoisotopic (exact) mass is 341 g/mol. The minimum absolute atomic E-state index is 0.633. The Morgan fingerprint density at radius 1 is 1.12 bits per heavy atom. The molecule has 0 saturated heterocycles. The van der Waals surface area contributed by atoms with Crippen LogP contribution in [-0.2, 0) is 0 Å². The van der Waals surface area contributed by atoms with E-state index in [0.717, 1.165) is 20.3 Å². The molecule has 5 heteroatoms. The highest BCUT2D eigenvalue weighted by Crippen LogP contribution is 2.33. The molecule has 0 spiro atoms. The first-order valence-electron chi connectivity index (χ1n) is 4.58. The van der Waals surface area contributed by atoms with E-state index in [1.807, 2.05) is 24.3 Å². The van der Waals surface area contributed by atoms with E-state index in [9.17, 15) is 0 Å². The van der Waals surface area contributed by atoms with E-state index in [4.69, 9.17) is 5.73 Å². The van der Waals surface area contributed by atoms with Crippen molar-refractivity contribution < 1.29 is 0 Å². The third-order valence-corrected chi connectivity index (χ3v) is 3.31. The van der Waals surface area contributed by atoms with Crippen molar-refractivity contribution in [2.45, 2.75) is 0 Å². The summed E-state index contributed by atoms with van der Waals surface area (Å²) in [4.78, 5) is 4.02. The standard InChI is InChI=1S/C11H9Br2N3/c12-9-2-1-3-10(13)11(9)16-8-4-7(14)5-15-6-8/h1-6,16H,14H2. The Hall–Kier alpha value is -1.07. The first kappa shape index (κ1) is 11.4. The predicted octanol–water partition coefficient (Wildman–Crippen LogP) is 3.93. The molecule has 82 valence electrons. The van der Waals surface area contributed by atoms with Gasteiger partial charge in [0, 0.05) is 15.1 Å². The average molecular weight is 343 g/mol. The summed E-state index contributed by atoms with van der Waals surface area (Å²) in [6.07, 6.45) is 3.34. The van der Waals surface area contributed by atoms with Crippen molar-refractivity contribution in [2.75, 3.05) is 11.1 Å². The molecule has 0 radical (unpaired) electrons. The zero-order valence-electron chi connectivity index (χ0n) is 8.24. The lowest BCUT2D eigenvalue weighted by atomic mass is 10.3. The number of halogens is 2. The van der Waals surface area contributed by atoms with E-state index in [-0.39, 0.29) is 0 Å². The molecule has 0 aliphatic heterocycles. The van der Waals surface area contributed by atoms with Crippen LogP contribution in [0.2, 0.25) is 0 Å². The quantitative estimate of drug-likeness (QED) is 0.869. The van der Waals surface area contributed by atoms with Crippen molar-refractivity contribution in [1.82, 2.24) is 4.98 Å². The predicted molar refractivity (Wildman–Crippen MR) is 73.8 cm³/mol. The van der Waals surface area contributed by atoms with Crippen LogP contribution in [-0.4, -0.2) is 4.98 Å². The number of para-hydroxylation sites is 1. The first-order chi connectivity index (χ1) is 7.66. The number of benzene rings is 1. The number of hydrogen-bond donors (Lipinski definition) is 2. The van der Waals surface area contributed by atoms with Crippen molar-refractivity contribution in [1.29, 1.82) is 0 Å². The van der Waals surface area contributed by atoms with Crippen LogP contribution in [0.4, 0.5) is 17.1 Å². The Morgan fingerprint density at radius 3 is 2.44 bits per heavy atom. The Morgan fingerprint density at radius 2 is 1.81 bits per heavy atom. The maximum absolute atomic E-state index is 5.66. The van der Waals surface area contributed by atoms with Crippen LogP contribution in [0.5, 0.6) is 0 Å². The fraction of sp³-hybridized carbons (Fsp3) is 0. The first-order valence-corrected chi connectivity index (χ1v) is 6.17. The lowest BCUT2D eigenvalue weighted by Crippen LogP contribution is -1.95. The second kappa shape index (κ2) is 4.84. The molecule has 0 unspecified atom stereocenters. The highest BCUT2D eigenvalue weighted by molar-refractivity contribution is 9.11. The third kappa shape index (κ3) is 2.54. The number of rotatable bonds is 2. The molecule has 0 aliphatic rings. The van der Waals surface area contributed by atoms with Crippen molar-refractivity contribution in [2.24, 2.45) is 0 Å². The molecular formula is C11H9Br2N3. The van der Waals surface area contributed by atoms with E-state index in [2.05, 4.69) is 42.2 Å². The van der Waals surface area contributed by atoms with Gasteiger partial charge in [-0.05, 0) is 50.1 Å². The molecule has 3 nitrogen and oxygen atoms in total. The molecule has 1 aromatic carbocycles. The van der Waals surface area contributed by atoms with Gasteiger partial charge in [0.25, 0.3) is 0 Å². The summed E-state index contributed by atoms with van der Waals surface area (Å²) in [6.45, 7) is 0. The lowest BCUT2D eigenvalue weighted by molar-refractivity contribution is 1.32. The Bertz CT molecular complexity index is 494. The summed E-state index contributed by atoms with van der Waals surface area (Å²) < 4.78 is 1.95. The van der Waals surface area contributed by atoms with Crippen LogP contribution < -0.4 is 11.1 Å². The molecule has 0 amide bonds. The fourth-order valence-electron chi connectivity index (χ4n) is 1.29. The van der Waals surface area contributed by atoms with Crippen LogP contribution in [0.1, 0.15) is 0 Å². The molecule has 0 bridgehead atoms. The van der Waals surface area contributed by atoms with Gasteiger partial charge in [0.15, 0.2) is 0 Å². The average Bonchev–Trinajstić information content (AvgIpc) is 2.24. The summed E-state index contributed by atoms with van der Waals surface area (Å²) in [6, 6.07) is 7.72. The van der Waals surface area contributed by atoms with Crippen molar-refractivity contribution in [3.8, 4) is 0 Å². The number of hydrogen-bond acceptors (Lipinski definition) is 3. The summed E-state index contributed by atoms with van der Waals surface area (Å²) in [5, 5.41) is 3.25. The molecule has 1 heterocycles. The highest BCUT2D eigenvalue weighted by Gasteiger charge is 2.04. The minimum atomic E-state index is 0.633. The van der Waals surface area contributed by atoms with Gasteiger partial charge in [0.1, 0.15) is 0 Å². The molecular weight excluding hydrogens is 334 g/mol. The van der Waals surface area contributed by atoms with E-state index in [1.54, 1.807) is 12.4 Å². The van der Waals surface area contributed by atoms with Crippen LogP contribution >= 0.6 is 31.9 Å². The topological polar surface area (TPSA) is 50.9 Å². The number of nitrogens with two attached hydrogens (primary N) is 1. The fourth-order valence-corrected chi connectivity index (χ4v) is 2.48. The van der Waals surface area contributed by atoms with Gasteiger partial charge in [-0.1, -0.05) is 6.07 Å². The van der Waals surface area contributed by atoms with Crippen LogP contribution in [0.3, 0.4) is 0 Å². The molecule has 2 aromatic rings. The van der Waals surface area contributed by atoms with E-state index in [0.29, 0.717) is 5.69 Å². The summed E-state index contributed by atoms with van der Waals surface area (Å²) in [7, 11) is 0. The highest BCUT2D eigenvalue weighted by atomic mass is 79.9. The summed E-state index contributed by atoms with van der Waals surface area (Å²) >= 11 is 6.96. The van der Waals surface area contributed by atoms with Crippen molar-refractivity contribution in [3.63, 3.8) is 0 Å². The SMILES string of the molecule is Nc1cncc(Nc2c(Br)cccc2Br)c1. The van der Waals surface area contributed by atoms with Crippen LogP contribution in [0, 0.1) is 0 Å². The Kier molecular flexibility index (Phi) is 3.46. The van der Waals surface area contributed by atoms with Crippen LogP contribution in [0.15, 0.2) is 45.6 Å². The van der Waals surface area contributed by atoms with Gasteiger partial charge >= 0.3 is 0 Å². The number of pyridine rings is 1. The third-order valence-electron chi connectivity index (χ3n) is 1.99. The van der Waals surface area contributed by atoms with Gasteiger partial charge in [-0.25, -0.2) is 0 Å². The zero-order chi connectivity index (χ0) is 11.5. The second-order valence-corrected chi connectivity index (χ2v) is 4.94. The van der Waals surface area contributed by atoms with Gasteiger partial charge in [-0.2, -0.15) is 0 Å². The largest absolute Gasteiger partial charge is 0.397 e. The van der Waals surface area contributed by atoms with Gasteiger partial charge in [-0.3, -0.25) is 4.98 Å². The molecule has 0 fully saturated rings. The maximum Gasteiger partial charge on any atom is 0.0673 e. The number of nitrogens with zero attached hydrogens (tertiary/aromatic N) is 1. The molecule has 2 rings (SSSR count). The lowest BCUT2D eigenvalue weighted by Gasteiger charge is -2.10. The van der Waals surface area contributed by atoms with Gasteiger partial charge in [0.2, 0.25) is 0 Å². The van der Waals surface area contributed by atoms with Crippen molar-refractivity contribution in [3.05, 3.63) is 45.6 Å². The minimum Gasteiger partial charge on any atom is -0.397 e. The van der Waals surface area contributed by atoms with E-state index >= 15 is 0 Å². The molecule has 16 heavy (non-hydrogen) atoms. The summed E-state index contributed by atoms with van der Waals surface area (Å²) in [5.74, 6) is 0. The molecule has 0 atom stereocenters. The van der Waals surface area contributed by atoms with Gasteiger partial charge < -0.3 is 11.1 Å². The maximum atomic E-state index is 5.66. The van der Waals surface area contributed by atoms with Crippen molar-refractivity contribution >= 4 is 48.9 Å². The number of anilines is 3. The Labute approximate surface area is 110 Å². The number of aromatic nitrogens is 1. The second-order valence-electron chi connectivity index (χ2n) is 3.23. The van der Waals surface area contributed by atoms with E-state index < -0.39 is 0 Å². The molecule has 3 N–H and O–H groups in total. The molecule has 0 aliphatic carbocycles. The summed E-state index contributed by atoms with van der Waals surface area (Å²) in [5.41, 5.74) is 8.10.